The van der Waals surface area contributed by atoms with Gasteiger partial charge in [-0.15, -0.1) is 0 Å². The molecule has 0 unspecified atom stereocenters. The highest BCUT2D eigenvalue weighted by Gasteiger charge is 2.41. The van der Waals surface area contributed by atoms with Gasteiger partial charge >= 0.3 is 0 Å². The van der Waals surface area contributed by atoms with Crippen molar-refractivity contribution in [2.45, 2.75) is 43.9 Å². The van der Waals surface area contributed by atoms with Crippen LogP contribution in [0.25, 0.3) is 0 Å². The fraction of sp³-hybridized carbons (Fsp3) is 0.462. The number of nitrogens with zero attached hydrogens (tertiary/aromatic N) is 2. The van der Waals surface area contributed by atoms with Gasteiger partial charge in [0.2, 0.25) is 5.91 Å². The summed E-state index contributed by atoms with van der Waals surface area (Å²) in [6, 6.07) is 4.41. The first-order chi connectivity index (χ1) is 10.2. The Morgan fingerprint density at radius 2 is 1.91 bits per heavy atom. The number of non-ortho nitro benzene ring substituents is 1. The van der Waals surface area contributed by atoms with Gasteiger partial charge < -0.3 is 4.74 Å². The van der Waals surface area contributed by atoms with Gasteiger partial charge in [-0.2, -0.15) is 0 Å². The van der Waals surface area contributed by atoms with E-state index in [0.717, 1.165) is 28.6 Å². The quantitative estimate of drug-likeness (QED) is 0.601. The van der Waals surface area contributed by atoms with E-state index in [9.17, 15) is 23.3 Å². The van der Waals surface area contributed by atoms with Crippen LogP contribution in [0.5, 0.6) is 0 Å². The van der Waals surface area contributed by atoms with Crippen molar-refractivity contribution >= 4 is 21.6 Å². The maximum absolute atomic E-state index is 12.6. The molecule has 1 atom stereocenters. The molecular formula is C13H16N2O6S. The molecule has 22 heavy (non-hydrogen) atoms. The van der Waals surface area contributed by atoms with Gasteiger partial charge in [-0.1, -0.05) is 0 Å². The minimum Gasteiger partial charge on any atom is -0.355 e. The number of carbonyl (C=O) groups excluding carboxylic acids is 1. The predicted octanol–water partition coefficient (Wildman–Crippen LogP) is 1.66. The van der Waals surface area contributed by atoms with Crippen LogP contribution < -0.4 is 0 Å². The first-order valence-electron chi connectivity index (χ1n) is 6.70. The lowest BCUT2D eigenvalue weighted by Gasteiger charge is -2.25. The van der Waals surface area contributed by atoms with Crippen molar-refractivity contribution in [1.29, 1.82) is 0 Å². The number of nitro groups is 1. The van der Waals surface area contributed by atoms with Crippen LogP contribution in [0.15, 0.2) is 29.2 Å². The lowest BCUT2D eigenvalue weighted by molar-refractivity contribution is -0.384. The summed E-state index contributed by atoms with van der Waals surface area (Å²) in [6.07, 6.45) is -0.689. The predicted molar refractivity (Wildman–Crippen MR) is 76.4 cm³/mol. The maximum Gasteiger partial charge on any atom is 0.269 e. The van der Waals surface area contributed by atoms with E-state index in [0.29, 0.717) is 6.42 Å². The van der Waals surface area contributed by atoms with Crippen molar-refractivity contribution in [3.05, 3.63) is 34.4 Å². The van der Waals surface area contributed by atoms with E-state index >= 15 is 0 Å². The summed E-state index contributed by atoms with van der Waals surface area (Å²) < 4.78 is 31.4. The summed E-state index contributed by atoms with van der Waals surface area (Å²) in [5.41, 5.74) is -0.221. The second-order valence-electron chi connectivity index (χ2n) is 5.12. The molecule has 0 saturated carbocycles. The van der Waals surface area contributed by atoms with E-state index in [1.165, 1.54) is 0 Å². The highest BCUT2D eigenvalue weighted by molar-refractivity contribution is 7.89. The molecule has 9 heteroatoms. The summed E-state index contributed by atoms with van der Waals surface area (Å²) in [7, 11) is -4.09. The van der Waals surface area contributed by atoms with Gasteiger partial charge in [0.05, 0.1) is 15.9 Å². The van der Waals surface area contributed by atoms with E-state index in [1.807, 2.05) is 0 Å². The molecule has 1 aliphatic heterocycles. The molecule has 0 bridgehead atoms. The molecular weight excluding hydrogens is 312 g/mol. The van der Waals surface area contributed by atoms with Crippen LogP contribution >= 0.6 is 0 Å². The zero-order valence-electron chi connectivity index (χ0n) is 12.1. The van der Waals surface area contributed by atoms with Crippen molar-refractivity contribution < 1.29 is 22.9 Å². The fourth-order valence-electron chi connectivity index (χ4n) is 2.21. The first-order valence-corrected chi connectivity index (χ1v) is 8.14. The molecule has 2 rings (SSSR count). The summed E-state index contributed by atoms with van der Waals surface area (Å²) in [4.78, 5) is 21.7. The van der Waals surface area contributed by atoms with Gasteiger partial charge in [-0.3, -0.25) is 14.9 Å². The fourth-order valence-corrected chi connectivity index (χ4v) is 3.75. The van der Waals surface area contributed by atoms with Crippen molar-refractivity contribution in [2.75, 3.05) is 0 Å². The molecule has 0 spiro atoms. The molecule has 1 aromatic rings. The van der Waals surface area contributed by atoms with Gasteiger partial charge in [0, 0.05) is 25.0 Å². The second-order valence-corrected chi connectivity index (χ2v) is 6.94. The standard InChI is InChI=1S/C13H16N2O6S/c1-9(2)21-13-8-7-12(16)14(13)22(19,20)11-5-3-10(4-6-11)15(17)18/h3-6,9,13H,7-8H2,1-2H3/t13-/m0/s1. The van der Waals surface area contributed by atoms with Crippen LogP contribution in [0.4, 0.5) is 5.69 Å². The molecule has 1 aromatic carbocycles. The zero-order valence-corrected chi connectivity index (χ0v) is 12.9. The topological polar surface area (TPSA) is 107 Å². The minimum atomic E-state index is -4.09. The highest BCUT2D eigenvalue weighted by atomic mass is 32.2. The van der Waals surface area contributed by atoms with E-state index in [2.05, 4.69) is 0 Å². The lowest BCUT2D eigenvalue weighted by Crippen LogP contribution is -2.41. The van der Waals surface area contributed by atoms with Crippen LogP contribution in [0.3, 0.4) is 0 Å². The number of benzene rings is 1. The Balaban J connectivity index is 2.35. The molecule has 8 nitrogen and oxygen atoms in total. The largest absolute Gasteiger partial charge is 0.355 e. The Bertz CT molecular complexity index is 683. The number of hydrogen-bond acceptors (Lipinski definition) is 6. The van der Waals surface area contributed by atoms with E-state index in [1.54, 1.807) is 13.8 Å². The summed E-state index contributed by atoms with van der Waals surface area (Å²) >= 11 is 0. The van der Waals surface area contributed by atoms with Crippen molar-refractivity contribution in [3.8, 4) is 0 Å². The SMILES string of the molecule is CC(C)O[C@H]1CCC(=O)N1S(=O)(=O)c1ccc([N+](=O)[O-])cc1. The zero-order chi connectivity index (χ0) is 16.5. The van der Waals surface area contributed by atoms with Crippen LogP contribution in [-0.2, 0) is 19.6 Å². The maximum atomic E-state index is 12.6. The van der Waals surface area contributed by atoms with Gasteiger partial charge in [0.15, 0.2) is 0 Å². The van der Waals surface area contributed by atoms with E-state index < -0.39 is 27.1 Å². The third-order valence-corrected chi connectivity index (χ3v) is 4.97. The Morgan fingerprint density at radius 1 is 1.32 bits per heavy atom. The Hall–Kier alpha value is -2.00. The summed E-state index contributed by atoms with van der Waals surface area (Å²) in [5.74, 6) is -0.538. The third kappa shape index (κ3) is 3.09. The lowest BCUT2D eigenvalue weighted by atomic mass is 10.3. The van der Waals surface area contributed by atoms with Crippen molar-refractivity contribution in [2.24, 2.45) is 0 Å². The number of sulfonamides is 1. The highest BCUT2D eigenvalue weighted by Crippen LogP contribution is 2.29. The number of ether oxygens (including phenoxy) is 1. The third-order valence-electron chi connectivity index (χ3n) is 3.15. The Labute approximate surface area is 127 Å². The molecule has 0 radical (unpaired) electrons. The number of carbonyl (C=O) groups is 1. The summed E-state index contributed by atoms with van der Waals surface area (Å²) in [6.45, 7) is 3.50. The monoisotopic (exact) mass is 328 g/mol. The molecule has 1 amide bonds. The smallest absolute Gasteiger partial charge is 0.269 e. The average Bonchev–Trinajstić information content (AvgIpc) is 2.79. The molecule has 0 aliphatic carbocycles. The molecule has 1 heterocycles. The van der Waals surface area contributed by atoms with Gasteiger partial charge in [0.1, 0.15) is 6.23 Å². The van der Waals surface area contributed by atoms with Crippen LogP contribution in [0.1, 0.15) is 26.7 Å². The number of nitro benzene ring substituents is 1. The van der Waals surface area contributed by atoms with Crippen LogP contribution in [0.2, 0.25) is 0 Å². The number of hydrogen-bond donors (Lipinski definition) is 0. The van der Waals surface area contributed by atoms with Crippen LogP contribution in [0, 0.1) is 10.1 Å². The van der Waals surface area contributed by atoms with Crippen molar-refractivity contribution in [3.63, 3.8) is 0 Å². The molecule has 0 aromatic heterocycles. The molecule has 120 valence electrons. The van der Waals surface area contributed by atoms with Crippen LogP contribution in [-0.4, -0.2) is 35.9 Å². The Morgan fingerprint density at radius 3 is 2.41 bits per heavy atom. The number of rotatable bonds is 5. The second kappa shape index (κ2) is 6.01. The first kappa shape index (κ1) is 16.4. The number of amides is 1. The molecule has 1 saturated heterocycles. The van der Waals surface area contributed by atoms with Gasteiger partial charge in [0.25, 0.3) is 15.7 Å². The normalized spacial score (nSPS) is 19.0. The molecule has 0 N–H and O–H groups in total. The molecule has 1 fully saturated rings. The van der Waals surface area contributed by atoms with Gasteiger partial charge in [-0.25, -0.2) is 12.7 Å². The van der Waals surface area contributed by atoms with Crippen molar-refractivity contribution in [1.82, 2.24) is 4.31 Å². The van der Waals surface area contributed by atoms with E-state index in [-0.39, 0.29) is 23.1 Å². The van der Waals surface area contributed by atoms with E-state index in [4.69, 9.17) is 4.74 Å². The Kier molecular flexibility index (Phi) is 4.47. The minimum absolute atomic E-state index is 0.0869. The average molecular weight is 328 g/mol. The van der Waals surface area contributed by atoms with Gasteiger partial charge in [-0.05, 0) is 26.0 Å². The summed E-state index contributed by atoms with van der Waals surface area (Å²) in [5, 5.41) is 10.6. The molecule has 1 aliphatic rings.